The number of fused-ring (bicyclic) bond motifs is 1. The molecule has 0 atom stereocenters. The first-order valence-electron chi connectivity index (χ1n) is 7.90. The third kappa shape index (κ3) is 3.77. The van der Waals surface area contributed by atoms with E-state index in [1.54, 1.807) is 25.7 Å². The van der Waals surface area contributed by atoms with Crippen molar-refractivity contribution in [3.8, 4) is 0 Å². The van der Waals surface area contributed by atoms with Crippen LogP contribution < -0.4 is 10.9 Å². The molecule has 5 nitrogen and oxygen atoms in total. The second-order valence-electron chi connectivity index (χ2n) is 5.81. The van der Waals surface area contributed by atoms with E-state index < -0.39 is 0 Å². The number of carbonyl (C=O) groups excluding carboxylic acids is 1. The summed E-state index contributed by atoms with van der Waals surface area (Å²) in [4.78, 5) is 31.3. The van der Waals surface area contributed by atoms with Gasteiger partial charge in [-0.2, -0.15) is 0 Å². The maximum absolute atomic E-state index is 12.4. The Morgan fingerprint density at radius 3 is 2.72 bits per heavy atom. The number of hydrogen-bond donors (Lipinski definition) is 1. The van der Waals surface area contributed by atoms with E-state index >= 15 is 0 Å². The van der Waals surface area contributed by atoms with Crippen molar-refractivity contribution in [2.24, 2.45) is 7.05 Å². The lowest BCUT2D eigenvalue weighted by atomic mass is 10.2. The minimum Gasteiger partial charge on any atom is -0.350 e. The summed E-state index contributed by atoms with van der Waals surface area (Å²) < 4.78 is 1.43. The number of hydrogen-bond acceptors (Lipinski definition) is 5. The molecule has 0 unspecified atom stereocenters. The molecule has 1 N–H and O–H groups in total. The number of thiophene rings is 1. The van der Waals surface area contributed by atoms with Crippen LogP contribution >= 0.6 is 23.1 Å². The molecule has 3 aromatic rings. The molecule has 0 aliphatic rings. The summed E-state index contributed by atoms with van der Waals surface area (Å²) >= 11 is 2.97. The average Bonchev–Trinajstić information content (AvgIpc) is 2.94. The Balaban J connectivity index is 1.64. The quantitative estimate of drug-likeness (QED) is 0.551. The zero-order valence-corrected chi connectivity index (χ0v) is 16.0. The minimum absolute atomic E-state index is 0.118. The summed E-state index contributed by atoms with van der Waals surface area (Å²) in [6.07, 6.45) is 1.49. The molecule has 0 saturated heterocycles. The molecular weight excluding hydrogens is 354 g/mol. The van der Waals surface area contributed by atoms with Crippen molar-refractivity contribution >= 4 is 39.2 Å². The van der Waals surface area contributed by atoms with Gasteiger partial charge in [0.1, 0.15) is 4.83 Å². The van der Waals surface area contributed by atoms with E-state index in [4.69, 9.17) is 0 Å². The number of rotatable bonds is 5. The highest BCUT2D eigenvalue weighted by Crippen LogP contribution is 2.26. The molecule has 1 amide bonds. The zero-order chi connectivity index (χ0) is 18.0. The molecule has 7 heteroatoms. The van der Waals surface area contributed by atoms with E-state index in [0.29, 0.717) is 27.2 Å². The largest absolute Gasteiger partial charge is 0.350 e. The van der Waals surface area contributed by atoms with Crippen LogP contribution in [0.5, 0.6) is 0 Å². The van der Waals surface area contributed by atoms with Crippen LogP contribution in [-0.4, -0.2) is 27.8 Å². The summed E-state index contributed by atoms with van der Waals surface area (Å²) in [5.74, 6) is 0.644. The normalized spacial score (nSPS) is 11.0. The molecule has 2 aromatic heterocycles. The predicted molar refractivity (Wildman–Crippen MR) is 104 cm³/mol. The Morgan fingerprint density at radius 1 is 1.28 bits per heavy atom. The number of aromatic nitrogens is 2. The standard InChI is InChI=1S/C18H19N3O2S2/c1-11-4-6-13(7-5-11)24-9-8-19-16(22)15-12(2)14-17(25-15)20-10-21(3)18(14)23/h4-7,10H,8-9H2,1-3H3,(H,19,22). The summed E-state index contributed by atoms with van der Waals surface area (Å²) in [6, 6.07) is 8.32. The van der Waals surface area contributed by atoms with Gasteiger partial charge in [-0.15, -0.1) is 23.1 Å². The summed E-state index contributed by atoms with van der Waals surface area (Å²) in [7, 11) is 1.66. The second-order valence-corrected chi connectivity index (χ2v) is 7.98. The Morgan fingerprint density at radius 2 is 2.00 bits per heavy atom. The number of aryl methyl sites for hydroxylation is 3. The van der Waals surface area contributed by atoms with Gasteiger partial charge in [0.2, 0.25) is 0 Å². The molecule has 0 aliphatic heterocycles. The molecule has 0 saturated carbocycles. The van der Waals surface area contributed by atoms with E-state index in [0.717, 1.165) is 5.75 Å². The molecule has 3 rings (SSSR count). The van der Waals surface area contributed by atoms with Crippen LogP contribution in [-0.2, 0) is 7.05 Å². The van der Waals surface area contributed by atoms with Gasteiger partial charge in [0.05, 0.1) is 16.6 Å². The third-order valence-corrected chi connectivity index (χ3v) is 6.11. The molecule has 25 heavy (non-hydrogen) atoms. The maximum Gasteiger partial charge on any atom is 0.262 e. The Labute approximate surface area is 154 Å². The van der Waals surface area contributed by atoms with Gasteiger partial charge in [-0.1, -0.05) is 17.7 Å². The first-order valence-corrected chi connectivity index (χ1v) is 9.70. The summed E-state index contributed by atoms with van der Waals surface area (Å²) in [5, 5.41) is 3.47. The van der Waals surface area contributed by atoms with E-state index in [1.165, 1.54) is 32.7 Å². The van der Waals surface area contributed by atoms with E-state index in [-0.39, 0.29) is 11.5 Å². The van der Waals surface area contributed by atoms with E-state index in [2.05, 4.69) is 41.5 Å². The SMILES string of the molecule is Cc1ccc(SCCNC(=O)c2sc3ncn(C)c(=O)c3c2C)cc1. The van der Waals surface area contributed by atoms with Gasteiger partial charge in [-0.05, 0) is 31.5 Å². The van der Waals surface area contributed by atoms with Gasteiger partial charge in [-0.3, -0.25) is 9.59 Å². The van der Waals surface area contributed by atoms with Crippen LogP contribution in [0.15, 0.2) is 40.3 Å². The molecule has 0 aliphatic carbocycles. The number of nitrogens with zero attached hydrogens (tertiary/aromatic N) is 2. The fraction of sp³-hybridized carbons (Fsp3) is 0.278. The lowest BCUT2D eigenvalue weighted by molar-refractivity contribution is 0.0960. The molecule has 130 valence electrons. The van der Waals surface area contributed by atoms with Crippen molar-refractivity contribution < 1.29 is 4.79 Å². The first kappa shape index (κ1) is 17.7. The second kappa shape index (κ2) is 7.41. The van der Waals surface area contributed by atoms with Crippen molar-refractivity contribution in [3.05, 3.63) is 57.0 Å². The number of carbonyl (C=O) groups is 1. The fourth-order valence-corrected chi connectivity index (χ4v) is 4.30. The predicted octanol–water partition coefficient (Wildman–Crippen LogP) is 3.13. The zero-order valence-electron chi connectivity index (χ0n) is 14.3. The summed E-state index contributed by atoms with van der Waals surface area (Å²) in [5.41, 5.74) is 1.82. The van der Waals surface area contributed by atoms with Crippen molar-refractivity contribution in [2.45, 2.75) is 18.7 Å². The van der Waals surface area contributed by atoms with Gasteiger partial charge in [0.25, 0.3) is 11.5 Å². The van der Waals surface area contributed by atoms with Crippen molar-refractivity contribution in [1.82, 2.24) is 14.9 Å². The number of thioether (sulfide) groups is 1. The Bertz CT molecular complexity index is 974. The van der Waals surface area contributed by atoms with Crippen molar-refractivity contribution in [3.63, 3.8) is 0 Å². The molecule has 0 spiro atoms. The number of amides is 1. The van der Waals surface area contributed by atoms with Gasteiger partial charge in [0, 0.05) is 24.2 Å². The smallest absolute Gasteiger partial charge is 0.262 e. The third-order valence-electron chi connectivity index (χ3n) is 3.89. The van der Waals surface area contributed by atoms with E-state index in [1.807, 2.05) is 0 Å². The molecule has 0 bridgehead atoms. The van der Waals surface area contributed by atoms with Gasteiger partial charge < -0.3 is 9.88 Å². The van der Waals surface area contributed by atoms with Gasteiger partial charge in [-0.25, -0.2) is 4.98 Å². The molecule has 2 heterocycles. The molecule has 1 aromatic carbocycles. The highest BCUT2D eigenvalue weighted by Gasteiger charge is 2.18. The van der Waals surface area contributed by atoms with Crippen LogP contribution in [0.25, 0.3) is 10.2 Å². The monoisotopic (exact) mass is 373 g/mol. The average molecular weight is 374 g/mol. The van der Waals surface area contributed by atoms with Crippen LogP contribution in [0.2, 0.25) is 0 Å². The molecular formula is C18H19N3O2S2. The molecule has 0 radical (unpaired) electrons. The van der Waals surface area contributed by atoms with Crippen molar-refractivity contribution in [2.75, 3.05) is 12.3 Å². The molecule has 0 fully saturated rings. The highest BCUT2D eigenvalue weighted by atomic mass is 32.2. The lowest BCUT2D eigenvalue weighted by Crippen LogP contribution is -2.25. The maximum atomic E-state index is 12.4. The Kier molecular flexibility index (Phi) is 5.24. The van der Waals surface area contributed by atoms with E-state index in [9.17, 15) is 9.59 Å². The van der Waals surface area contributed by atoms with Crippen LogP contribution in [0.1, 0.15) is 20.8 Å². The van der Waals surface area contributed by atoms with Crippen LogP contribution in [0.3, 0.4) is 0 Å². The topological polar surface area (TPSA) is 64.0 Å². The fourth-order valence-electron chi connectivity index (χ4n) is 2.47. The lowest BCUT2D eigenvalue weighted by Gasteiger charge is -2.05. The summed E-state index contributed by atoms with van der Waals surface area (Å²) in [6.45, 7) is 4.43. The highest BCUT2D eigenvalue weighted by molar-refractivity contribution is 7.99. The first-order chi connectivity index (χ1) is 12.0. The minimum atomic E-state index is -0.146. The van der Waals surface area contributed by atoms with Gasteiger partial charge in [0.15, 0.2) is 0 Å². The number of benzene rings is 1. The van der Waals surface area contributed by atoms with Gasteiger partial charge >= 0.3 is 0 Å². The number of nitrogens with one attached hydrogen (secondary N) is 1. The van der Waals surface area contributed by atoms with Crippen molar-refractivity contribution in [1.29, 1.82) is 0 Å². The van der Waals surface area contributed by atoms with Crippen LogP contribution in [0.4, 0.5) is 0 Å². The Hall–Kier alpha value is -2.12. The van der Waals surface area contributed by atoms with Crippen LogP contribution in [0, 0.1) is 13.8 Å².